The number of hydrogen-bond acceptors (Lipinski definition) is 23. The minimum absolute atomic E-state index is 0.0255. The predicted molar refractivity (Wildman–Crippen MR) is 193 cm³/mol. The van der Waals surface area contributed by atoms with Crippen LogP contribution in [0.2, 0.25) is 0 Å². The second-order valence-corrected chi connectivity index (χ2v) is 18.7. The molecule has 1 aliphatic rings. The van der Waals surface area contributed by atoms with Crippen LogP contribution in [0.1, 0.15) is 65.5 Å². The van der Waals surface area contributed by atoms with Crippen molar-refractivity contribution < 1.29 is 85.6 Å². The van der Waals surface area contributed by atoms with Crippen LogP contribution in [0, 0.1) is 5.41 Å². The van der Waals surface area contributed by atoms with Crippen molar-refractivity contribution in [2.45, 2.75) is 96.0 Å². The minimum Gasteiger partial charge on any atom is -0.790 e. The van der Waals surface area contributed by atoms with E-state index in [-0.39, 0.29) is 42.2 Å². The smallest absolute Gasteiger partial charge is 0.274 e. The molecule has 2 amide bonds. The van der Waals surface area contributed by atoms with Crippen molar-refractivity contribution in [2.24, 2.45) is 5.41 Å². The summed E-state index contributed by atoms with van der Waals surface area (Å²) in [4.78, 5) is 96.1. The van der Waals surface area contributed by atoms with E-state index >= 15 is 0 Å². The van der Waals surface area contributed by atoms with E-state index < -0.39 is 95.8 Å². The van der Waals surface area contributed by atoms with Crippen LogP contribution in [0.4, 0.5) is 5.82 Å². The zero-order chi connectivity index (χ0) is 43.5. The SMILES string of the molecule is CCCCCCC(O)C(=O)SCCNC(=O)CCNC(=O)[C@H](O)C(C)(C)COP(=O)([O-])OP(=O)([O-])OC[C@H]1O[C@@H](n2cnc3c(N)ncnc32)[C@H](O)[C@@H]1OP(=O)([O-])[O-]. The van der Waals surface area contributed by atoms with Gasteiger partial charge in [0.05, 0.1) is 27.4 Å². The molecular formula is C29H46N7O18P3S-4. The fourth-order valence-electron chi connectivity index (χ4n) is 5.24. The zero-order valence-electron chi connectivity index (χ0n) is 31.5. The predicted octanol–water partition coefficient (Wildman–Crippen LogP) is -2.53. The van der Waals surface area contributed by atoms with E-state index in [2.05, 4.69) is 43.5 Å². The molecule has 7 N–H and O–H groups in total. The Kier molecular flexibility index (Phi) is 18.8. The van der Waals surface area contributed by atoms with E-state index in [1.807, 2.05) is 6.92 Å². The van der Waals surface area contributed by atoms with Gasteiger partial charge in [-0.3, -0.25) is 28.1 Å². The number of carbonyl (C=O) groups excluding carboxylic acids is 3. The number of hydrogen-bond donors (Lipinski definition) is 6. The lowest BCUT2D eigenvalue weighted by Crippen LogP contribution is -2.46. The number of thioether (sulfide) groups is 1. The van der Waals surface area contributed by atoms with Gasteiger partial charge < -0.3 is 74.1 Å². The van der Waals surface area contributed by atoms with Gasteiger partial charge in [0.1, 0.15) is 42.4 Å². The molecule has 0 spiro atoms. The number of rotatable bonds is 25. The number of nitrogens with zero attached hydrogens (tertiary/aromatic N) is 4. The molecule has 29 heteroatoms. The molecule has 25 nitrogen and oxygen atoms in total. The Labute approximate surface area is 336 Å². The molecule has 1 aliphatic heterocycles. The van der Waals surface area contributed by atoms with Gasteiger partial charge in [0, 0.05) is 30.7 Å². The van der Waals surface area contributed by atoms with Crippen molar-refractivity contribution in [1.29, 1.82) is 0 Å². The lowest BCUT2D eigenvalue weighted by Gasteiger charge is -2.36. The summed E-state index contributed by atoms with van der Waals surface area (Å²) < 4.78 is 60.5. The summed E-state index contributed by atoms with van der Waals surface area (Å²) in [6.45, 7) is 1.99. The highest BCUT2D eigenvalue weighted by Gasteiger charge is 2.47. The van der Waals surface area contributed by atoms with Gasteiger partial charge in [0.25, 0.3) is 15.6 Å². The molecule has 1 saturated heterocycles. The molecule has 3 unspecified atom stereocenters. The average Bonchev–Trinajstić information content (AvgIpc) is 3.69. The third-order valence-electron chi connectivity index (χ3n) is 8.32. The molecule has 0 saturated carbocycles. The fourth-order valence-corrected chi connectivity index (χ4v) is 8.69. The number of anilines is 1. The van der Waals surface area contributed by atoms with Gasteiger partial charge >= 0.3 is 0 Å². The topological polar surface area (TPSA) is 395 Å². The molecular weight excluding hydrogens is 859 g/mol. The molecule has 0 bridgehead atoms. The number of fused-ring (bicyclic) bond motifs is 1. The number of aliphatic hydroxyl groups is 3. The average molecular weight is 906 g/mol. The summed E-state index contributed by atoms with van der Waals surface area (Å²) in [5.41, 5.74) is 4.04. The van der Waals surface area contributed by atoms with Crippen LogP contribution in [0.5, 0.6) is 0 Å². The number of nitrogen functional groups attached to an aromatic ring is 1. The maximum absolute atomic E-state index is 12.5. The number of amides is 2. The van der Waals surface area contributed by atoms with Gasteiger partial charge in [-0.1, -0.05) is 58.2 Å². The second-order valence-electron chi connectivity index (χ2n) is 13.5. The summed E-state index contributed by atoms with van der Waals surface area (Å²) in [5.74, 6) is -1.41. The third-order valence-corrected chi connectivity index (χ3v) is 12.3. The Hall–Kier alpha value is -2.48. The Bertz CT molecular complexity index is 1850. The maximum Gasteiger partial charge on any atom is 0.274 e. The summed E-state index contributed by atoms with van der Waals surface area (Å²) in [6, 6.07) is 0. The zero-order valence-corrected chi connectivity index (χ0v) is 35.0. The van der Waals surface area contributed by atoms with Crippen molar-refractivity contribution in [2.75, 3.05) is 37.8 Å². The molecule has 2 aromatic heterocycles. The first kappa shape index (κ1) is 49.9. The summed E-state index contributed by atoms with van der Waals surface area (Å²) in [5, 5.41) is 35.7. The van der Waals surface area contributed by atoms with Crippen LogP contribution < -0.4 is 35.9 Å². The van der Waals surface area contributed by atoms with Gasteiger partial charge in [0.2, 0.25) is 16.9 Å². The van der Waals surface area contributed by atoms with Crippen LogP contribution in [-0.4, -0.2) is 114 Å². The molecule has 1 fully saturated rings. The first-order valence-electron chi connectivity index (χ1n) is 17.6. The molecule has 330 valence electrons. The van der Waals surface area contributed by atoms with E-state index in [0.29, 0.717) is 6.42 Å². The highest BCUT2D eigenvalue weighted by Crippen LogP contribution is 2.56. The number of nitrogens with one attached hydrogen (secondary N) is 2. The first-order chi connectivity index (χ1) is 27.0. The molecule has 3 heterocycles. The lowest BCUT2D eigenvalue weighted by molar-refractivity contribution is -0.347. The second kappa shape index (κ2) is 21.9. The standard InChI is InChI=1S/C29H50N7O18P3S/c1-4-5-6-7-8-17(37)28(42)58-12-11-31-19(38)9-10-32-26(41)23(40)29(2,3)14-51-57(48,49)54-56(46,47)50-13-18-22(53-55(43,44)45)21(39)27(52-18)36-16-35-20-24(30)33-15-34-25(20)36/h15-18,21-23,27,37,39-40H,4-14H2,1-3H3,(H,31,38)(H,32,41)(H,46,47)(H,48,49)(H2,30,33,34)(H2,43,44,45)/p-4/t17?,18-,21-,22-,23+,27-/m1/s1. The summed E-state index contributed by atoms with van der Waals surface area (Å²) in [6.07, 6.45) is -4.71. The van der Waals surface area contributed by atoms with Gasteiger partial charge in [0.15, 0.2) is 17.7 Å². The van der Waals surface area contributed by atoms with Crippen LogP contribution in [0.15, 0.2) is 12.7 Å². The summed E-state index contributed by atoms with van der Waals surface area (Å²) >= 11 is 0.880. The fraction of sp³-hybridized carbons (Fsp3) is 0.724. The van der Waals surface area contributed by atoms with Gasteiger partial charge in [-0.2, -0.15) is 0 Å². The number of aromatic nitrogens is 4. The van der Waals surface area contributed by atoms with Crippen molar-refractivity contribution in [3.8, 4) is 0 Å². The van der Waals surface area contributed by atoms with E-state index in [1.54, 1.807) is 0 Å². The number of unbranched alkanes of at least 4 members (excludes halogenated alkanes) is 3. The number of ether oxygens (including phenoxy) is 1. The van der Waals surface area contributed by atoms with Crippen molar-refractivity contribution in [3.05, 3.63) is 12.7 Å². The lowest BCUT2D eigenvalue weighted by atomic mass is 9.87. The molecule has 0 radical (unpaired) electrons. The third kappa shape index (κ3) is 15.5. The Morgan fingerprint density at radius 2 is 1.72 bits per heavy atom. The van der Waals surface area contributed by atoms with Crippen molar-refractivity contribution >= 4 is 69.1 Å². The van der Waals surface area contributed by atoms with E-state index in [4.69, 9.17) is 10.5 Å². The van der Waals surface area contributed by atoms with Crippen LogP contribution in [0.25, 0.3) is 11.2 Å². The highest BCUT2D eigenvalue weighted by molar-refractivity contribution is 8.13. The number of nitrogens with two attached hydrogens (primary N) is 1. The first-order valence-corrected chi connectivity index (χ1v) is 23.0. The molecule has 0 aromatic carbocycles. The monoisotopic (exact) mass is 905 g/mol. The van der Waals surface area contributed by atoms with Gasteiger partial charge in [-0.05, 0) is 6.42 Å². The molecule has 2 aromatic rings. The van der Waals surface area contributed by atoms with E-state index in [9.17, 15) is 63.0 Å². The Balaban J connectivity index is 1.45. The van der Waals surface area contributed by atoms with Crippen LogP contribution in [-0.2, 0) is 50.7 Å². The quantitative estimate of drug-likeness (QED) is 0.0442. The van der Waals surface area contributed by atoms with E-state index in [1.165, 1.54) is 13.8 Å². The van der Waals surface area contributed by atoms with Crippen molar-refractivity contribution in [1.82, 2.24) is 30.2 Å². The van der Waals surface area contributed by atoms with Gasteiger partial charge in [-0.25, -0.2) is 19.3 Å². The normalized spacial score (nSPS) is 21.9. The summed E-state index contributed by atoms with van der Waals surface area (Å²) in [7, 11) is -17.6. The molecule has 58 heavy (non-hydrogen) atoms. The largest absolute Gasteiger partial charge is 0.790 e. The Morgan fingerprint density at radius 3 is 2.40 bits per heavy atom. The van der Waals surface area contributed by atoms with Crippen LogP contribution >= 0.6 is 35.2 Å². The minimum atomic E-state index is -5.92. The maximum atomic E-state index is 12.5. The molecule has 3 rings (SSSR count). The van der Waals surface area contributed by atoms with E-state index in [0.717, 1.165) is 54.7 Å². The number of phosphoric ester groups is 3. The number of carbonyl (C=O) groups is 3. The number of aliphatic hydroxyl groups excluding tert-OH is 3. The van der Waals surface area contributed by atoms with Crippen molar-refractivity contribution in [3.63, 3.8) is 0 Å². The van der Waals surface area contributed by atoms with Crippen LogP contribution in [0.3, 0.4) is 0 Å². The number of phosphoric acid groups is 3. The molecule has 8 atom stereocenters. The number of imidazole rings is 1. The molecule has 0 aliphatic carbocycles. The highest BCUT2D eigenvalue weighted by atomic mass is 32.2. The van der Waals surface area contributed by atoms with Gasteiger partial charge in [-0.15, -0.1) is 0 Å². The Morgan fingerprint density at radius 1 is 1.03 bits per heavy atom.